The first-order chi connectivity index (χ1) is 15.7. The zero-order valence-electron chi connectivity index (χ0n) is 18.3. The fraction of sp³-hybridized carbons (Fsp3) is 0.478. The lowest BCUT2D eigenvalue weighted by Crippen LogP contribution is -2.46. The number of para-hydroxylation sites is 1. The number of nitrogens with two attached hydrogens (primary N) is 1. The van der Waals surface area contributed by atoms with Crippen LogP contribution < -0.4 is 15.5 Å². The van der Waals surface area contributed by atoms with Crippen LogP contribution in [0.3, 0.4) is 0 Å². The maximum Gasteiger partial charge on any atom is 0.145 e. The average molecular weight is 435 g/mol. The third kappa shape index (κ3) is 4.44. The second-order valence-electron chi connectivity index (χ2n) is 8.68. The topological polar surface area (TPSA) is 108 Å². The van der Waals surface area contributed by atoms with Crippen molar-refractivity contribution in [3.8, 4) is 0 Å². The summed E-state index contributed by atoms with van der Waals surface area (Å²) in [5, 5.41) is 10.4. The molecule has 0 amide bonds. The predicted octanol–water partition coefficient (Wildman–Crippen LogP) is 1.53. The van der Waals surface area contributed by atoms with E-state index in [9.17, 15) is 5.11 Å². The third-order valence-corrected chi connectivity index (χ3v) is 6.48. The van der Waals surface area contributed by atoms with Crippen molar-refractivity contribution in [2.75, 3.05) is 61.4 Å². The normalized spacial score (nSPS) is 20.1. The van der Waals surface area contributed by atoms with Crippen LogP contribution in [-0.4, -0.2) is 75.8 Å². The van der Waals surface area contributed by atoms with Crippen LogP contribution in [0.15, 0.2) is 36.7 Å². The van der Waals surface area contributed by atoms with E-state index in [0.29, 0.717) is 18.3 Å². The number of rotatable bonds is 5. The number of aliphatic hydroxyl groups excluding tert-OH is 1. The Morgan fingerprint density at radius 2 is 1.75 bits per heavy atom. The van der Waals surface area contributed by atoms with Crippen molar-refractivity contribution in [2.45, 2.75) is 19.4 Å². The van der Waals surface area contributed by atoms with Gasteiger partial charge in [-0.3, -0.25) is 4.90 Å². The lowest BCUT2D eigenvalue weighted by molar-refractivity contribution is 0.208. The Morgan fingerprint density at radius 1 is 0.969 bits per heavy atom. The van der Waals surface area contributed by atoms with Crippen LogP contribution >= 0.6 is 0 Å². The first-order valence-corrected chi connectivity index (χ1v) is 11.4. The molecule has 2 aliphatic rings. The summed E-state index contributed by atoms with van der Waals surface area (Å²) in [7, 11) is 0. The van der Waals surface area contributed by atoms with Crippen molar-refractivity contribution in [3.05, 3.63) is 42.5 Å². The van der Waals surface area contributed by atoms with E-state index in [-0.39, 0.29) is 6.61 Å². The van der Waals surface area contributed by atoms with Gasteiger partial charge >= 0.3 is 0 Å². The van der Waals surface area contributed by atoms with Crippen LogP contribution in [0.5, 0.6) is 0 Å². The second-order valence-corrected chi connectivity index (χ2v) is 8.68. The van der Waals surface area contributed by atoms with Gasteiger partial charge in [-0.2, -0.15) is 0 Å². The van der Waals surface area contributed by atoms with Gasteiger partial charge in [-0.25, -0.2) is 19.9 Å². The Hall–Kier alpha value is -3.04. The summed E-state index contributed by atoms with van der Waals surface area (Å²) in [6, 6.07) is 9.95. The summed E-state index contributed by atoms with van der Waals surface area (Å²) in [5.74, 6) is 3.56. The molecule has 0 bridgehead atoms. The molecule has 9 nitrogen and oxygen atoms in total. The quantitative estimate of drug-likeness (QED) is 0.618. The second kappa shape index (κ2) is 9.22. The highest BCUT2D eigenvalue weighted by Gasteiger charge is 2.23. The van der Waals surface area contributed by atoms with Crippen LogP contribution in [0.2, 0.25) is 0 Å². The molecule has 9 heteroatoms. The summed E-state index contributed by atoms with van der Waals surface area (Å²) in [6.45, 7) is 6.36. The van der Waals surface area contributed by atoms with E-state index >= 15 is 0 Å². The van der Waals surface area contributed by atoms with Gasteiger partial charge in [0.15, 0.2) is 0 Å². The van der Waals surface area contributed by atoms with Crippen molar-refractivity contribution in [1.29, 1.82) is 0 Å². The number of piperazine rings is 1. The summed E-state index contributed by atoms with van der Waals surface area (Å²) in [6.07, 6.45) is 3.83. The van der Waals surface area contributed by atoms with Crippen LogP contribution in [0.4, 0.5) is 17.5 Å². The summed E-state index contributed by atoms with van der Waals surface area (Å²) in [5.41, 5.74) is 7.04. The van der Waals surface area contributed by atoms with E-state index in [0.717, 1.165) is 80.5 Å². The molecule has 32 heavy (non-hydrogen) atoms. The van der Waals surface area contributed by atoms with Crippen molar-refractivity contribution < 1.29 is 5.11 Å². The standard InChI is InChI=1S/C23H30N8O/c24-23-18-5-1-2-6-19(18)27-20(28-23)14-29-8-10-30(11-9-29)21-12-22(26-16-25-21)31-7-3-4-17(13-31)15-32/h1-2,5-6,12,16-17,32H,3-4,7-11,13-15H2,(H2,24,27,28). The van der Waals surface area contributed by atoms with Crippen molar-refractivity contribution in [3.63, 3.8) is 0 Å². The Kier molecular flexibility index (Phi) is 6.00. The first kappa shape index (κ1) is 20.8. The number of fused-ring (bicyclic) bond motifs is 1. The van der Waals surface area contributed by atoms with Crippen LogP contribution in [0, 0.1) is 5.92 Å². The molecule has 168 valence electrons. The maximum atomic E-state index is 9.52. The SMILES string of the molecule is Nc1nc(CN2CCN(c3cc(N4CCCC(CO)C4)ncn3)CC2)nc2ccccc12. The highest BCUT2D eigenvalue weighted by atomic mass is 16.3. The number of piperidine rings is 1. The van der Waals surface area contributed by atoms with Gasteiger partial charge in [-0.1, -0.05) is 12.1 Å². The highest BCUT2D eigenvalue weighted by Crippen LogP contribution is 2.24. The lowest BCUT2D eigenvalue weighted by atomic mass is 9.99. The number of nitrogen functional groups attached to an aromatic ring is 1. The van der Waals surface area contributed by atoms with Crippen LogP contribution in [0.1, 0.15) is 18.7 Å². The first-order valence-electron chi connectivity index (χ1n) is 11.4. The molecule has 0 saturated carbocycles. The summed E-state index contributed by atoms with van der Waals surface area (Å²) < 4.78 is 0. The van der Waals surface area contributed by atoms with E-state index in [1.54, 1.807) is 6.33 Å². The van der Waals surface area contributed by atoms with E-state index in [2.05, 4.69) is 35.7 Å². The minimum absolute atomic E-state index is 0.239. The molecule has 2 saturated heterocycles. The number of aromatic nitrogens is 4. The molecule has 1 aromatic carbocycles. The van der Waals surface area contributed by atoms with Gasteiger partial charge < -0.3 is 20.6 Å². The van der Waals surface area contributed by atoms with Gasteiger partial charge in [0.05, 0.1) is 12.1 Å². The molecule has 2 aliphatic heterocycles. The predicted molar refractivity (Wildman–Crippen MR) is 125 cm³/mol. The largest absolute Gasteiger partial charge is 0.396 e. The van der Waals surface area contributed by atoms with Crippen molar-refractivity contribution in [1.82, 2.24) is 24.8 Å². The number of anilines is 3. The van der Waals surface area contributed by atoms with Gasteiger partial charge in [-0.05, 0) is 30.9 Å². The Balaban J connectivity index is 1.22. The Morgan fingerprint density at radius 3 is 2.56 bits per heavy atom. The molecular weight excluding hydrogens is 404 g/mol. The molecule has 0 spiro atoms. The van der Waals surface area contributed by atoms with Gasteiger partial charge in [0.25, 0.3) is 0 Å². The van der Waals surface area contributed by atoms with E-state index in [4.69, 9.17) is 10.7 Å². The van der Waals surface area contributed by atoms with E-state index < -0.39 is 0 Å². The minimum Gasteiger partial charge on any atom is -0.396 e. The van der Waals surface area contributed by atoms with Crippen LogP contribution in [-0.2, 0) is 6.54 Å². The lowest BCUT2D eigenvalue weighted by Gasteiger charge is -2.36. The smallest absolute Gasteiger partial charge is 0.145 e. The zero-order valence-corrected chi connectivity index (χ0v) is 18.3. The minimum atomic E-state index is 0.239. The third-order valence-electron chi connectivity index (χ3n) is 6.48. The average Bonchev–Trinajstić information content (AvgIpc) is 2.85. The fourth-order valence-corrected chi connectivity index (χ4v) is 4.66. The molecule has 1 unspecified atom stereocenters. The number of aliphatic hydroxyl groups is 1. The molecule has 2 fully saturated rings. The number of benzene rings is 1. The number of nitrogens with zero attached hydrogens (tertiary/aromatic N) is 7. The van der Waals surface area contributed by atoms with Crippen LogP contribution in [0.25, 0.3) is 10.9 Å². The highest BCUT2D eigenvalue weighted by molar-refractivity contribution is 5.87. The monoisotopic (exact) mass is 434 g/mol. The van der Waals surface area contributed by atoms with E-state index in [1.165, 1.54) is 0 Å². The molecule has 5 rings (SSSR count). The van der Waals surface area contributed by atoms with E-state index in [1.807, 2.05) is 24.3 Å². The fourth-order valence-electron chi connectivity index (χ4n) is 4.66. The molecule has 0 radical (unpaired) electrons. The van der Waals surface area contributed by atoms with Gasteiger partial charge in [0.1, 0.15) is 29.6 Å². The summed E-state index contributed by atoms with van der Waals surface area (Å²) >= 11 is 0. The Bertz CT molecular complexity index is 1070. The van der Waals surface area contributed by atoms with Gasteiger partial charge in [0, 0.05) is 57.3 Å². The van der Waals surface area contributed by atoms with Gasteiger partial charge in [0.2, 0.25) is 0 Å². The molecule has 2 aromatic heterocycles. The maximum absolute atomic E-state index is 9.52. The number of hydrogen-bond donors (Lipinski definition) is 2. The molecule has 1 atom stereocenters. The molecule has 4 heterocycles. The molecular formula is C23H30N8O. The Labute approximate surface area is 187 Å². The molecule has 3 aromatic rings. The number of hydrogen-bond acceptors (Lipinski definition) is 9. The van der Waals surface area contributed by atoms with Crippen molar-refractivity contribution >= 4 is 28.4 Å². The van der Waals surface area contributed by atoms with Gasteiger partial charge in [-0.15, -0.1) is 0 Å². The molecule has 0 aliphatic carbocycles. The summed E-state index contributed by atoms with van der Waals surface area (Å²) in [4.78, 5) is 25.2. The molecule has 3 N–H and O–H groups in total. The zero-order chi connectivity index (χ0) is 21.9. The van der Waals surface area contributed by atoms with Crippen molar-refractivity contribution in [2.24, 2.45) is 5.92 Å².